The van der Waals surface area contributed by atoms with E-state index < -0.39 is 12.0 Å². The van der Waals surface area contributed by atoms with E-state index in [-0.39, 0.29) is 5.56 Å². The zero-order chi connectivity index (χ0) is 23.1. The van der Waals surface area contributed by atoms with Crippen LogP contribution in [0, 0.1) is 0 Å². The van der Waals surface area contributed by atoms with E-state index in [2.05, 4.69) is 9.98 Å². The maximum Gasteiger partial charge on any atom is 0.338 e. The van der Waals surface area contributed by atoms with Crippen molar-refractivity contribution in [3.05, 3.63) is 108 Å². The van der Waals surface area contributed by atoms with Crippen molar-refractivity contribution in [3.8, 4) is 0 Å². The van der Waals surface area contributed by atoms with E-state index in [1.165, 1.54) is 18.4 Å². The second kappa shape index (κ2) is 8.42. The molecule has 6 nitrogen and oxygen atoms in total. The fourth-order valence-electron chi connectivity index (χ4n) is 4.00. The molecular weight excluding hydrogens is 458 g/mol. The summed E-state index contributed by atoms with van der Waals surface area (Å²) >= 11 is 7.70. The number of rotatable bonds is 3. The number of carbonyl (C=O) groups is 1. The van der Waals surface area contributed by atoms with Crippen LogP contribution in [0.25, 0.3) is 17.0 Å². The van der Waals surface area contributed by atoms with Crippen LogP contribution in [0.5, 0.6) is 0 Å². The molecular formula is C25H18ClN3O3S. The number of methoxy groups -OCH3 is 1. The number of benzene rings is 2. The number of para-hydroxylation sites is 1. The molecule has 164 valence electrons. The molecule has 0 saturated heterocycles. The summed E-state index contributed by atoms with van der Waals surface area (Å²) < 4.78 is 7.02. The van der Waals surface area contributed by atoms with Crippen molar-refractivity contribution in [2.75, 3.05) is 7.11 Å². The maximum absolute atomic E-state index is 13.6. The Morgan fingerprint density at radius 2 is 1.88 bits per heavy atom. The summed E-state index contributed by atoms with van der Waals surface area (Å²) in [6, 6.07) is 18.1. The lowest BCUT2D eigenvalue weighted by atomic mass is 9.96. The molecule has 1 aliphatic rings. The highest BCUT2D eigenvalue weighted by Crippen LogP contribution is 2.30. The van der Waals surface area contributed by atoms with E-state index in [0.29, 0.717) is 31.3 Å². The van der Waals surface area contributed by atoms with Gasteiger partial charge in [-0.05, 0) is 30.7 Å². The van der Waals surface area contributed by atoms with Crippen molar-refractivity contribution in [1.29, 1.82) is 0 Å². The average Bonchev–Trinajstić information content (AvgIpc) is 3.12. The van der Waals surface area contributed by atoms with Gasteiger partial charge in [-0.1, -0.05) is 71.5 Å². The Labute approximate surface area is 197 Å². The molecule has 3 heterocycles. The molecule has 4 aromatic rings. The number of hydrogen-bond donors (Lipinski definition) is 0. The van der Waals surface area contributed by atoms with E-state index in [9.17, 15) is 9.59 Å². The summed E-state index contributed by atoms with van der Waals surface area (Å²) in [5, 5.41) is 1.41. The average molecular weight is 476 g/mol. The molecule has 1 atom stereocenters. The molecule has 0 unspecified atom stereocenters. The molecule has 0 radical (unpaired) electrons. The predicted octanol–water partition coefficient (Wildman–Crippen LogP) is 3.61. The first-order valence-corrected chi connectivity index (χ1v) is 11.4. The highest BCUT2D eigenvalue weighted by Gasteiger charge is 2.32. The minimum absolute atomic E-state index is 0.257. The highest BCUT2D eigenvalue weighted by molar-refractivity contribution is 7.07. The molecule has 0 aliphatic carbocycles. The van der Waals surface area contributed by atoms with Gasteiger partial charge in [-0.25, -0.2) is 14.8 Å². The molecule has 0 fully saturated rings. The number of aromatic nitrogens is 2. The van der Waals surface area contributed by atoms with Gasteiger partial charge in [-0.3, -0.25) is 9.36 Å². The number of hydrogen-bond acceptors (Lipinski definition) is 6. The van der Waals surface area contributed by atoms with Gasteiger partial charge < -0.3 is 4.74 Å². The third kappa shape index (κ3) is 3.69. The van der Waals surface area contributed by atoms with Gasteiger partial charge in [0.2, 0.25) is 0 Å². The Morgan fingerprint density at radius 3 is 2.64 bits per heavy atom. The lowest BCUT2D eigenvalue weighted by Gasteiger charge is -2.24. The lowest BCUT2D eigenvalue weighted by molar-refractivity contribution is -0.136. The molecule has 8 heteroatoms. The van der Waals surface area contributed by atoms with Crippen LogP contribution in [0.1, 0.15) is 24.2 Å². The molecule has 33 heavy (non-hydrogen) atoms. The lowest BCUT2D eigenvalue weighted by Crippen LogP contribution is -2.39. The maximum atomic E-state index is 13.6. The molecule has 1 aliphatic heterocycles. The summed E-state index contributed by atoms with van der Waals surface area (Å²) in [6.45, 7) is 1.75. The van der Waals surface area contributed by atoms with E-state index >= 15 is 0 Å². The van der Waals surface area contributed by atoms with Gasteiger partial charge in [-0.2, -0.15) is 0 Å². The minimum atomic E-state index is -0.634. The van der Waals surface area contributed by atoms with Crippen molar-refractivity contribution in [3.63, 3.8) is 0 Å². The van der Waals surface area contributed by atoms with Gasteiger partial charge >= 0.3 is 5.97 Å². The van der Waals surface area contributed by atoms with E-state index in [1.54, 1.807) is 23.6 Å². The van der Waals surface area contributed by atoms with Crippen LogP contribution in [0.2, 0.25) is 5.02 Å². The summed E-state index contributed by atoms with van der Waals surface area (Å²) in [7, 11) is 1.32. The van der Waals surface area contributed by atoms with Crippen LogP contribution in [-0.2, 0) is 9.53 Å². The number of nitrogens with zero attached hydrogens (tertiary/aromatic N) is 3. The van der Waals surface area contributed by atoms with Crippen LogP contribution in [0.3, 0.4) is 0 Å². The summed E-state index contributed by atoms with van der Waals surface area (Å²) in [6.07, 6.45) is 1.71. The van der Waals surface area contributed by atoms with E-state index in [4.69, 9.17) is 16.3 Å². The van der Waals surface area contributed by atoms with Gasteiger partial charge in [0.1, 0.15) is 0 Å². The van der Waals surface area contributed by atoms with E-state index in [0.717, 1.165) is 16.5 Å². The smallest absolute Gasteiger partial charge is 0.338 e. The second-order valence-corrected chi connectivity index (χ2v) is 8.95. The molecule has 0 amide bonds. The second-order valence-electron chi connectivity index (χ2n) is 7.53. The van der Waals surface area contributed by atoms with Gasteiger partial charge in [0.25, 0.3) is 5.56 Å². The summed E-state index contributed by atoms with van der Waals surface area (Å²) in [5.74, 6) is -0.512. The van der Waals surface area contributed by atoms with Crippen LogP contribution in [-0.4, -0.2) is 22.6 Å². The molecule has 0 spiro atoms. The summed E-state index contributed by atoms with van der Waals surface area (Å²) in [4.78, 5) is 35.9. The molecule has 0 saturated carbocycles. The molecule has 0 N–H and O–H groups in total. The van der Waals surface area contributed by atoms with Crippen LogP contribution < -0.4 is 14.9 Å². The number of pyridine rings is 1. The number of esters is 1. The fraction of sp³-hybridized carbons (Fsp3) is 0.120. The largest absolute Gasteiger partial charge is 0.466 e. The monoisotopic (exact) mass is 475 g/mol. The van der Waals surface area contributed by atoms with Crippen molar-refractivity contribution < 1.29 is 9.53 Å². The SMILES string of the molecule is COC(=O)C1=C(C)N=c2s/c(=C\c3cc(Cl)c4ccccc4n3)c(=O)n2[C@H]1c1ccccc1. The van der Waals surface area contributed by atoms with Crippen molar-refractivity contribution in [1.82, 2.24) is 9.55 Å². The fourth-order valence-corrected chi connectivity index (χ4v) is 5.31. The summed E-state index contributed by atoms with van der Waals surface area (Å²) in [5.41, 5.74) is 2.73. The highest BCUT2D eigenvalue weighted by atomic mass is 35.5. The van der Waals surface area contributed by atoms with Crippen LogP contribution >= 0.6 is 22.9 Å². The first kappa shape index (κ1) is 21.3. The van der Waals surface area contributed by atoms with Crippen molar-refractivity contribution in [2.24, 2.45) is 4.99 Å². The van der Waals surface area contributed by atoms with Gasteiger partial charge in [0, 0.05) is 5.39 Å². The molecule has 2 aromatic carbocycles. The molecule has 0 bridgehead atoms. The number of allylic oxidation sites excluding steroid dienone is 1. The standard InChI is InChI=1S/C25H18ClN3O3S/c1-14-21(24(31)32-2)22(15-8-4-3-5-9-15)29-23(30)20(33-25(29)27-14)13-16-12-18(26)17-10-6-7-11-19(17)28-16/h3-13,22H,1-2H3/b20-13-/t22-/m0/s1. The van der Waals surface area contributed by atoms with E-state index in [1.807, 2.05) is 54.6 Å². The first-order chi connectivity index (χ1) is 16.0. The number of ether oxygens (including phenoxy) is 1. The third-order valence-corrected chi connectivity index (χ3v) is 6.80. The Bertz CT molecular complexity index is 1620. The normalized spacial score (nSPS) is 16.0. The zero-order valence-corrected chi connectivity index (χ0v) is 19.4. The quantitative estimate of drug-likeness (QED) is 0.424. The molecule has 2 aromatic heterocycles. The minimum Gasteiger partial charge on any atom is -0.466 e. The first-order valence-electron chi connectivity index (χ1n) is 10.2. The Kier molecular flexibility index (Phi) is 5.44. The Balaban J connectivity index is 1.74. The number of fused-ring (bicyclic) bond motifs is 2. The number of thiazole rings is 1. The topological polar surface area (TPSA) is 73.6 Å². The zero-order valence-electron chi connectivity index (χ0n) is 17.8. The predicted molar refractivity (Wildman–Crippen MR) is 129 cm³/mol. The molecule has 5 rings (SSSR count). The Morgan fingerprint density at radius 1 is 1.15 bits per heavy atom. The van der Waals surface area contributed by atoms with Crippen molar-refractivity contribution >= 4 is 45.9 Å². The van der Waals surface area contributed by atoms with Crippen molar-refractivity contribution in [2.45, 2.75) is 13.0 Å². The Hall–Kier alpha value is -3.55. The van der Waals surface area contributed by atoms with Gasteiger partial charge in [0.05, 0.1) is 45.2 Å². The number of carbonyl (C=O) groups excluding carboxylic acids is 1. The number of halogens is 1. The van der Waals surface area contributed by atoms with Crippen LogP contribution in [0.4, 0.5) is 0 Å². The van der Waals surface area contributed by atoms with Crippen LogP contribution in [0.15, 0.2) is 81.7 Å². The third-order valence-electron chi connectivity index (χ3n) is 5.51. The van der Waals surface area contributed by atoms with Gasteiger partial charge in [-0.15, -0.1) is 0 Å². The van der Waals surface area contributed by atoms with Gasteiger partial charge in [0.15, 0.2) is 4.80 Å².